The molecule has 0 saturated carbocycles. The fourth-order valence-electron chi connectivity index (χ4n) is 1.82. The monoisotopic (exact) mass is 357 g/mol. The highest BCUT2D eigenvalue weighted by Gasteiger charge is 2.24. The number of urea groups is 1. The Balaban J connectivity index is 2.25. The lowest BCUT2D eigenvalue weighted by molar-refractivity contribution is 0.0693. The summed E-state index contributed by atoms with van der Waals surface area (Å²) in [6.45, 7) is 0.998. The SMILES string of the molecule is CNC(=O)Nc1snc(OCc2c(F)cc(C)cc2F)c1C(=O)O. The first-order chi connectivity index (χ1) is 11.3. The van der Waals surface area contributed by atoms with Crippen LogP contribution >= 0.6 is 11.5 Å². The molecule has 1 heterocycles. The number of carboxylic acid groups (broad SMARTS) is 1. The van der Waals surface area contributed by atoms with Gasteiger partial charge in [0.1, 0.15) is 23.2 Å². The summed E-state index contributed by atoms with van der Waals surface area (Å²) in [5.74, 6) is -3.33. The van der Waals surface area contributed by atoms with Crippen LogP contribution in [-0.4, -0.2) is 28.5 Å². The summed E-state index contributed by atoms with van der Waals surface area (Å²) >= 11 is 0.679. The van der Waals surface area contributed by atoms with Crippen molar-refractivity contribution in [3.8, 4) is 5.88 Å². The maximum Gasteiger partial charge on any atom is 0.344 e. The molecule has 2 amide bonds. The predicted molar refractivity (Wildman–Crippen MR) is 82.6 cm³/mol. The lowest BCUT2D eigenvalue weighted by Crippen LogP contribution is -2.24. The number of amides is 2. The van der Waals surface area contributed by atoms with E-state index in [-0.39, 0.29) is 16.4 Å². The highest BCUT2D eigenvalue weighted by molar-refractivity contribution is 7.11. The van der Waals surface area contributed by atoms with Gasteiger partial charge in [-0.15, -0.1) is 0 Å². The van der Waals surface area contributed by atoms with E-state index in [1.807, 2.05) is 0 Å². The number of nitrogens with one attached hydrogen (secondary N) is 2. The van der Waals surface area contributed by atoms with Gasteiger partial charge in [0.05, 0.1) is 5.56 Å². The Morgan fingerprint density at radius 3 is 2.50 bits per heavy atom. The van der Waals surface area contributed by atoms with Gasteiger partial charge in [0.15, 0.2) is 5.56 Å². The molecule has 0 radical (unpaired) electrons. The van der Waals surface area contributed by atoms with Gasteiger partial charge in [-0.2, -0.15) is 4.37 Å². The summed E-state index contributed by atoms with van der Waals surface area (Å²) < 4.78 is 36.5. The molecule has 0 aliphatic heterocycles. The molecule has 2 aromatic rings. The van der Waals surface area contributed by atoms with Crippen LogP contribution in [0.25, 0.3) is 0 Å². The lowest BCUT2D eigenvalue weighted by Gasteiger charge is -2.08. The number of aromatic nitrogens is 1. The van der Waals surface area contributed by atoms with E-state index in [2.05, 4.69) is 15.0 Å². The van der Waals surface area contributed by atoms with Crippen LogP contribution in [0.3, 0.4) is 0 Å². The van der Waals surface area contributed by atoms with Crippen molar-refractivity contribution in [2.45, 2.75) is 13.5 Å². The number of hydrogen-bond donors (Lipinski definition) is 3. The number of nitrogens with zero attached hydrogens (tertiary/aromatic N) is 1. The standard InChI is InChI=1S/C14H13F2N3O4S/c1-6-3-8(15)7(9(16)4-6)5-23-11-10(13(20)21)12(24-19-11)18-14(22)17-2/h3-4H,5H2,1-2H3,(H,20,21)(H2,17,18,22). The van der Waals surface area contributed by atoms with Crippen molar-refractivity contribution >= 4 is 28.5 Å². The fourth-order valence-corrected chi connectivity index (χ4v) is 2.54. The highest BCUT2D eigenvalue weighted by atomic mass is 32.1. The number of aromatic carboxylic acids is 1. The molecule has 128 valence electrons. The molecule has 0 bridgehead atoms. The first kappa shape index (κ1) is 17.6. The molecular formula is C14H13F2N3O4S. The second-order valence-corrected chi connectivity index (χ2v) is 5.47. The molecule has 0 saturated heterocycles. The van der Waals surface area contributed by atoms with E-state index in [1.165, 1.54) is 14.0 Å². The van der Waals surface area contributed by atoms with E-state index < -0.39 is 35.8 Å². The number of ether oxygens (including phenoxy) is 1. The van der Waals surface area contributed by atoms with Gasteiger partial charge in [0, 0.05) is 7.05 Å². The summed E-state index contributed by atoms with van der Waals surface area (Å²) in [6, 6.07) is 1.64. The Morgan fingerprint density at radius 1 is 1.33 bits per heavy atom. The van der Waals surface area contributed by atoms with E-state index in [1.54, 1.807) is 0 Å². The van der Waals surface area contributed by atoms with Crippen LogP contribution in [0.4, 0.5) is 18.6 Å². The Kier molecular flexibility index (Phi) is 5.29. The van der Waals surface area contributed by atoms with E-state index in [0.29, 0.717) is 17.1 Å². The summed E-state index contributed by atoms with van der Waals surface area (Å²) in [4.78, 5) is 22.6. The first-order valence-electron chi connectivity index (χ1n) is 6.62. The van der Waals surface area contributed by atoms with Crippen LogP contribution < -0.4 is 15.4 Å². The molecule has 0 aliphatic carbocycles. The van der Waals surface area contributed by atoms with Gasteiger partial charge in [-0.3, -0.25) is 5.32 Å². The van der Waals surface area contributed by atoms with Crippen LogP contribution in [0.15, 0.2) is 12.1 Å². The Labute approximate surface area is 139 Å². The molecule has 7 nitrogen and oxygen atoms in total. The second-order valence-electron chi connectivity index (χ2n) is 4.70. The van der Waals surface area contributed by atoms with Crippen molar-refractivity contribution in [3.05, 3.63) is 40.5 Å². The Hall–Kier alpha value is -2.75. The average molecular weight is 357 g/mol. The quantitative estimate of drug-likeness (QED) is 0.764. The van der Waals surface area contributed by atoms with Gasteiger partial charge in [-0.25, -0.2) is 18.4 Å². The molecular weight excluding hydrogens is 344 g/mol. The number of benzene rings is 1. The average Bonchev–Trinajstić information content (AvgIpc) is 2.88. The van der Waals surface area contributed by atoms with Crippen molar-refractivity contribution in [1.82, 2.24) is 9.69 Å². The second kappa shape index (κ2) is 7.21. The maximum absolute atomic E-state index is 13.8. The number of halogens is 2. The Morgan fingerprint density at radius 2 is 1.96 bits per heavy atom. The smallest absolute Gasteiger partial charge is 0.344 e. The first-order valence-corrected chi connectivity index (χ1v) is 7.39. The zero-order valence-electron chi connectivity index (χ0n) is 12.6. The fraction of sp³-hybridized carbons (Fsp3) is 0.214. The number of carbonyl (C=O) groups is 2. The minimum atomic E-state index is -1.39. The van der Waals surface area contributed by atoms with Crippen molar-refractivity contribution < 1.29 is 28.2 Å². The van der Waals surface area contributed by atoms with E-state index in [0.717, 1.165) is 12.1 Å². The van der Waals surface area contributed by atoms with Gasteiger partial charge < -0.3 is 15.2 Å². The zero-order chi connectivity index (χ0) is 17.9. The Bertz CT molecular complexity index is 771. The number of rotatable bonds is 5. The van der Waals surface area contributed by atoms with Gasteiger partial charge in [0.2, 0.25) is 5.88 Å². The van der Waals surface area contributed by atoms with Crippen LogP contribution in [0.2, 0.25) is 0 Å². The number of anilines is 1. The van der Waals surface area contributed by atoms with Gasteiger partial charge in [-0.05, 0) is 36.2 Å². The van der Waals surface area contributed by atoms with E-state index in [4.69, 9.17) is 4.74 Å². The molecule has 2 rings (SSSR count). The normalized spacial score (nSPS) is 10.3. The van der Waals surface area contributed by atoms with E-state index >= 15 is 0 Å². The minimum absolute atomic E-state index is 0.0540. The van der Waals surface area contributed by atoms with Gasteiger partial charge in [0.25, 0.3) is 0 Å². The van der Waals surface area contributed by atoms with Crippen molar-refractivity contribution in [2.24, 2.45) is 0 Å². The third-order valence-electron chi connectivity index (χ3n) is 2.97. The van der Waals surface area contributed by atoms with Gasteiger partial charge >= 0.3 is 12.0 Å². The molecule has 3 N–H and O–H groups in total. The molecule has 24 heavy (non-hydrogen) atoms. The number of aryl methyl sites for hydroxylation is 1. The summed E-state index contributed by atoms with van der Waals surface area (Å²) in [5, 5.41) is 13.7. The summed E-state index contributed by atoms with van der Waals surface area (Å²) in [7, 11) is 1.36. The number of carbonyl (C=O) groups excluding carboxylic acids is 1. The molecule has 0 atom stereocenters. The van der Waals surface area contributed by atoms with Gasteiger partial charge in [-0.1, -0.05) is 0 Å². The molecule has 1 aromatic carbocycles. The van der Waals surface area contributed by atoms with Crippen LogP contribution in [-0.2, 0) is 6.61 Å². The molecule has 0 aliphatic rings. The molecule has 0 fully saturated rings. The van der Waals surface area contributed by atoms with Crippen molar-refractivity contribution in [3.63, 3.8) is 0 Å². The largest absolute Gasteiger partial charge is 0.477 e. The number of hydrogen-bond acceptors (Lipinski definition) is 5. The minimum Gasteiger partial charge on any atom is -0.477 e. The highest BCUT2D eigenvalue weighted by Crippen LogP contribution is 2.31. The number of carboxylic acids is 1. The van der Waals surface area contributed by atoms with Crippen molar-refractivity contribution in [2.75, 3.05) is 12.4 Å². The summed E-state index contributed by atoms with van der Waals surface area (Å²) in [6.07, 6.45) is 0. The summed E-state index contributed by atoms with van der Waals surface area (Å²) in [5.41, 5.74) is -0.326. The predicted octanol–water partition coefficient (Wildman–Crippen LogP) is 2.76. The molecule has 0 unspecified atom stereocenters. The molecule has 1 aromatic heterocycles. The maximum atomic E-state index is 13.8. The van der Waals surface area contributed by atoms with Crippen LogP contribution in [0.1, 0.15) is 21.5 Å². The lowest BCUT2D eigenvalue weighted by atomic mass is 10.1. The zero-order valence-corrected chi connectivity index (χ0v) is 13.5. The molecule has 0 spiro atoms. The molecule has 10 heteroatoms. The third-order valence-corrected chi connectivity index (χ3v) is 3.71. The topological polar surface area (TPSA) is 101 Å². The van der Waals surface area contributed by atoms with Crippen LogP contribution in [0, 0.1) is 18.6 Å². The van der Waals surface area contributed by atoms with Crippen molar-refractivity contribution in [1.29, 1.82) is 0 Å². The third kappa shape index (κ3) is 3.77. The van der Waals surface area contributed by atoms with Crippen LogP contribution in [0.5, 0.6) is 5.88 Å². The van der Waals surface area contributed by atoms with E-state index in [9.17, 15) is 23.5 Å².